The first kappa shape index (κ1) is 8.72. The molecule has 1 aliphatic rings. The summed E-state index contributed by atoms with van der Waals surface area (Å²) < 4.78 is 0.615. The molecule has 0 aromatic carbocycles. The molecule has 0 saturated carbocycles. The monoisotopic (exact) mass is 215 g/mol. The Labute approximate surface area is 83.9 Å². The minimum atomic E-state index is -0.252. The maximum absolute atomic E-state index is 11.3. The second kappa shape index (κ2) is 2.82. The fourth-order valence-corrected chi connectivity index (χ4v) is 2.64. The first-order valence-electron chi connectivity index (χ1n) is 3.71. The number of carbonyl (C=O) groups excluding carboxylic acids is 2. The lowest BCUT2D eigenvalue weighted by Gasteiger charge is -2.10. The molecule has 1 aromatic heterocycles. The summed E-state index contributed by atoms with van der Waals surface area (Å²) in [5, 5.41) is 0. The zero-order chi connectivity index (χ0) is 9.59. The average Bonchev–Trinajstić information content (AvgIpc) is 2.41. The molecule has 1 aromatic rings. The third-order valence-electron chi connectivity index (χ3n) is 1.87. The number of imide groups is 1. The van der Waals surface area contributed by atoms with Crippen LogP contribution in [0.15, 0.2) is 6.07 Å². The van der Waals surface area contributed by atoms with Crippen LogP contribution >= 0.6 is 22.9 Å². The van der Waals surface area contributed by atoms with Crippen LogP contribution in [-0.2, 0) is 16.0 Å². The Kier molecular flexibility index (Phi) is 1.89. The van der Waals surface area contributed by atoms with Gasteiger partial charge in [-0.2, -0.15) is 0 Å². The van der Waals surface area contributed by atoms with E-state index in [2.05, 4.69) is 0 Å². The van der Waals surface area contributed by atoms with Crippen LogP contribution in [0.1, 0.15) is 11.8 Å². The molecule has 0 saturated heterocycles. The van der Waals surface area contributed by atoms with E-state index >= 15 is 0 Å². The molecule has 5 heteroatoms. The maximum atomic E-state index is 11.3. The van der Waals surface area contributed by atoms with Crippen LogP contribution in [0.25, 0.3) is 0 Å². The number of anilines is 1. The normalized spacial score (nSPS) is 14.9. The summed E-state index contributed by atoms with van der Waals surface area (Å²) in [6.07, 6.45) is 0.298. The molecule has 13 heavy (non-hydrogen) atoms. The van der Waals surface area contributed by atoms with Gasteiger partial charge in [0.15, 0.2) is 0 Å². The van der Waals surface area contributed by atoms with Crippen molar-refractivity contribution in [1.82, 2.24) is 0 Å². The third kappa shape index (κ3) is 1.26. The van der Waals surface area contributed by atoms with E-state index in [9.17, 15) is 9.59 Å². The molecule has 2 rings (SSSR count). The van der Waals surface area contributed by atoms with Gasteiger partial charge in [-0.15, -0.1) is 11.3 Å². The summed E-state index contributed by atoms with van der Waals surface area (Å²) >= 11 is 7.12. The first-order chi connectivity index (χ1) is 6.09. The van der Waals surface area contributed by atoms with Gasteiger partial charge in [0.1, 0.15) is 0 Å². The predicted molar refractivity (Wildman–Crippen MR) is 51.2 cm³/mol. The molecule has 0 unspecified atom stereocenters. The van der Waals surface area contributed by atoms with E-state index in [4.69, 9.17) is 11.6 Å². The highest BCUT2D eigenvalue weighted by Gasteiger charge is 2.32. The Balaban J connectivity index is 2.50. The summed E-state index contributed by atoms with van der Waals surface area (Å²) in [6.45, 7) is 1.37. The molecule has 2 heterocycles. The zero-order valence-electron chi connectivity index (χ0n) is 6.83. The molecule has 0 radical (unpaired) electrons. The van der Waals surface area contributed by atoms with E-state index < -0.39 is 0 Å². The highest BCUT2D eigenvalue weighted by molar-refractivity contribution is 7.17. The van der Waals surface area contributed by atoms with Gasteiger partial charge in [-0.1, -0.05) is 11.6 Å². The van der Waals surface area contributed by atoms with Crippen LogP contribution < -0.4 is 4.90 Å². The lowest BCUT2D eigenvalue weighted by molar-refractivity contribution is -0.124. The van der Waals surface area contributed by atoms with Gasteiger partial charge in [0, 0.05) is 11.8 Å². The van der Waals surface area contributed by atoms with Crippen molar-refractivity contribution >= 4 is 40.4 Å². The van der Waals surface area contributed by atoms with Crippen molar-refractivity contribution in [3.8, 4) is 0 Å². The second-order valence-corrected chi connectivity index (χ2v) is 4.55. The molecule has 0 atom stereocenters. The highest BCUT2D eigenvalue weighted by atomic mass is 35.5. The van der Waals surface area contributed by atoms with E-state index in [-0.39, 0.29) is 11.8 Å². The number of rotatable bonds is 0. The predicted octanol–water partition coefficient (Wildman–Crippen LogP) is 1.84. The Bertz CT molecular complexity index is 399. The summed E-state index contributed by atoms with van der Waals surface area (Å²) in [4.78, 5) is 24.5. The molecule has 68 valence electrons. The standard InChI is InChI=1S/C8H6ClNO2S/c1-4(11)10-5-2-7(9)13-6(5)3-8(10)12/h2H,3H2,1H3. The fraction of sp³-hybridized carbons (Fsp3) is 0.250. The van der Waals surface area contributed by atoms with Crippen LogP contribution in [-0.4, -0.2) is 11.8 Å². The number of hydrogen-bond donors (Lipinski definition) is 0. The lowest BCUT2D eigenvalue weighted by Crippen LogP contribution is -2.31. The summed E-state index contributed by atoms with van der Waals surface area (Å²) in [6, 6.07) is 1.66. The van der Waals surface area contributed by atoms with E-state index in [1.165, 1.54) is 23.2 Å². The Morgan fingerprint density at radius 3 is 3.00 bits per heavy atom. The van der Waals surface area contributed by atoms with E-state index in [0.717, 1.165) is 4.88 Å². The van der Waals surface area contributed by atoms with Crippen molar-refractivity contribution in [1.29, 1.82) is 0 Å². The number of amides is 2. The van der Waals surface area contributed by atoms with Gasteiger partial charge in [-0.3, -0.25) is 9.59 Å². The third-order valence-corrected chi connectivity index (χ3v) is 3.13. The topological polar surface area (TPSA) is 37.4 Å². The quantitative estimate of drug-likeness (QED) is 0.662. The first-order valence-corrected chi connectivity index (χ1v) is 4.91. The molecule has 2 amide bonds. The summed E-state index contributed by atoms with van der Waals surface area (Å²) in [5.74, 6) is -0.413. The number of fused-ring (bicyclic) bond motifs is 1. The largest absolute Gasteiger partial charge is 0.274 e. The fourth-order valence-electron chi connectivity index (χ4n) is 1.40. The van der Waals surface area contributed by atoms with Crippen LogP contribution in [0.2, 0.25) is 4.34 Å². The number of thiophene rings is 1. The van der Waals surface area contributed by atoms with Crippen molar-refractivity contribution in [3.63, 3.8) is 0 Å². The van der Waals surface area contributed by atoms with Crippen LogP contribution in [0.5, 0.6) is 0 Å². The molecular formula is C8H6ClNO2S. The van der Waals surface area contributed by atoms with Crippen molar-refractivity contribution in [2.45, 2.75) is 13.3 Å². The van der Waals surface area contributed by atoms with Gasteiger partial charge in [0.25, 0.3) is 0 Å². The lowest BCUT2D eigenvalue weighted by atomic mass is 10.4. The van der Waals surface area contributed by atoms with Crippen molar-refractivity contribution < 1.29 is 9.59 Å². The smallest absolute Gasteiger partial charge is 0.239 e. The molecule has 0 bridgehead atoms. The van der Waals surface area contributed by atoms with E-state index in [1.54, 1.807) is 6.07 Å². The Morgan fingerprint density at radius 1 is 1.69 bits per heavy atom. The van der Waals surface area contributed by atoms with Gasteiger partial charge >= 0.3 is 0 Å². The van der Waals surface area contributed by atoms with Crippen molar-refractivity contribution in [2.24, 2.45) is 0 Å². The zero-order valence-corrected chi connectivity index (χ0v) is 8.41. The second-order valence-electron chi connectivity index (χ2n) is 2.78. The number of carbonyl (C=O) groups is 2. The maximum Gasteiger partial charge on any atom is 0.239 e. The SMILES string of the molecule is CC(=O)N1C(=O)Cc2sc(Cl)cc21. The highest BCUT2D eigenvalue weighted by Crippen LogP contribution is 2.38. The van der Waals surface area contributed by atoms with Crippen LogP contribution in [0, 0.1) is 0 Å². The number of nitrogens with zero attached hydrogens (tertiary/aromatic N) is 1. The Morgan fingerprint density at radius 2 is 2.38 bits per heavy atom. The van der Waals surface area contributed by atoms with Gasteiger partial charge in [-0.05, 0) is 6.07 Å². The molecule has 1 aliphatic heterocycles. The number of hydrogen-bond acceptors (Lipinski definition) is 3. The minimum Gasteiger partial charge on any atom is -0.274 e. The molecule has 0 N–H and O–H groups in total. The van der Waals surface area contributed by atoms with Gasteiger partial charge < -0.3 is 0 Å². The molecule has 3 nitrogen and oxygen atoms in total. The molecule has 0 aliphatic carbocycles. The van der Waals surface area contributed by atoms with Crippen LogP contribution in [0.3, 0.4) is 0 Å². The summed E-state index contributed by atoms with van der Waals surface area (Å²) in [7, 11) is 0. The summed E-state index contributed by atoms with van der Waals surface area (Å²) in [5.41, 5.74) is 0.660. The molecule has 0 spiro atoms. The van der Waals surface area contributed by atoms with Crippen LogP contribution in [0.4, 0.5) is 5.69 Å². The van der Waals surface area contributed by atoms with Crippen molar-refractivity contribution in [2.75, 3.05) is 4.90 Å². The average molecular weight is 216 g/mol. The molecule has 0 fully saturated rings. The van der Waals surface area contributed by atoms with Gasteiger partial charge in [0.2, 0.25) is 11.8 Å². The molecular weight excluding hydrogens is 210 g/mol. The van der Waals surface area contributed by atoms with E-state index in [1.807, 2.05) is 0 Å². The van der Waals surface area contributed by atoms with Crippen molar-refractivity contribution in [3.05, 3.63) is 15.3 Å². The van der Waals surface area contributed by atoms with Gasteiger partial charge in [0.05, 0.1) is 16.4 Å². The minimum absolute atomic E-state index is 0.162. The number of halogens is 1. The van der Waals surface area contributed by atoms with Gasteiger partial charge in [-0.25, -0.2) is 4.90 Å². The Hall–Kier alpha value is -0.870. The van der Waals surface area contributed by atoms with E-state index in [0.29, 0.717) is 16.4 Å².